The standard InChI is InChI=1S/C13H21N3O2S2/c14-13-3-1-2-12(10-13)11-20(17,18)15-4-5-16-6-8-19-9-7-16/h1-3,10,15H,4-9,11,14H2. The third-order valence-electron chi connectivity index (χ3n) is 3.16. The number of hydrogen-bond donors (Lipinski definition) is 2. The van der Waals surface area contributed by atoms with Gasteiger partial charge in [0.15, 0.2) is 0 Å². The van der Waals surface area contributed by atoms with Crippen molar-refractivity contribution in [3.63, 3.8) is 0 Å². The van der Waals surface area contributed by atoms with Crippen LogP contribution in [0.4, 0.5) is 5.69 Å². The van der Waals surface area contributed by atoms with Crippen LogP contribution >= 0.6 is 11.8 Å². The topological polar surface area (TPSA) is 75.4 Å². The Morgan fingerprint density at radius 3 is 2.75 bits per heavy atom. The third-order valence-corrected chi connectivity index (χ3v) is 5.46. The van der Waals surface area contributed by atoms with Gasteiger partial charge in [0, 0.05) is 43.4 Å². The predicted molar refractivity (Wildman–Crippen MR) is 85.2 cm³/mol. The lowest BCUT2D eigenvalue weighted by atomic mass is 10.2. The predicted octanol–water partition coefficient (Wildman–Crippen LogP) is 0.737. The average Bonchev–Trinajstić information content (AvgIpc) is 2.39. The van der Waals surface area contributed by atoms with Gasteiger partial charge in [-0.3, -0.25) is 0 Å². The first kappa shape index (κ1) is 15.6. The minimum Gasteiger partial charge on any atom is -0.399 e. The van der Waals surface area contributed by atoms with Crippen LogP contribution in [-0.2, 0) is 15.8 Å². The molecule has 1 aliphatic heterocycles. The maximum Gasteiger partial charge on any atom is 0.215 e. The fourth-order valence-electron chi connectivity index (χ4n) is 2.14. The number of nitrogens with two attached hydrogens (primary N) is 1. The van der Waals surface area contributed by atoms with E-state index in [1.54, 1.807) is 24.3 Å². The number of benzene rings is 1. The van der Waals surface area contributed by atoms with E-state index in [-0.39, 0.29) is 5.75 Å². The molecule has 2 rings (SSSR count). The van der Waals surface area contributed by atoms with Gasteiger partial charge in [0.05, 0.1) is 5.75 Å². The van der Waals surface area contributed by atoms with E-state index in [2.05, 4.69) is 9.62 Å². The Hall–Kier alpha value is -0.760. The summed E-state index contributed by atoms with van der Waals surface area (Å²) in [6, 6.07) is 6.99. The Bertz CT molecular complexity index is 528. The molecule has 0 bridgehead atoms. The summed E-state index contributed by atoms with van der Waals surface area (Å²) < 4.78 is 26.6. The van der Waals surface area contributed by atoms with Crippen molar-refractivity contribution in [1.29, 1.82) is 0 Å². The number of anilines is 1. The highest BCUT2D eigenvalue weighted by Crippen LogP contribution is 2.10. The summed E-state index contributed by atoms with van der Waals surface area (Å²) in [5.74, 6) is 2.25. The van der Waals surface area contributed by atoms with Gasteiger partial charge in [-0.05, 0) is 17.7 Å². The summed E-state index contributed by atoms with van der Waals surface area (Å²) in [5.41, 5.74) is 6.95. The van der Waals surface area contributed by atoms with Crippen molar-refractivity contribution >= 4 is 27.5 Å². The minimum absolute atomic E-state index is 0.0199. The van der Waals surface area contributed by atoms with Crippen LogP contribution in [0.15, 0.2) is 24.3 Å². The molecule has 0 radical (unpaired) electrons. The molecule has 0 spiro atoms. The van der Waals surface area contributed by atoms with Gasteiger partial charge in [0.1, 0.15) is 0 Å². The molecule has 0 amide bonds. The number of sulfonamides is 1. The second-order valence-electron chi connectivity index (χ2n) is 4.85. The maximum atomic E-state index is 12.0. The molecule has 1 aliphatic rings. The van der Waals surface area contributed by atoms with Crippen LogP contribution in [0.2, 0.25) is 0 Å². The Kier molecular flexibility index (Phi) is 5.71. The molecular formula is C13H21N3O2S2. The second kappa shape index (κ2) is 7.31. The van der Waals surface area contributed by atoms with Crippen LogP contribution in [0.1, 0.15) is 5.56 Å². The Morgan fingerprint density at radius 1 is 1.30 bits per heavy atom. The zero-order valence-electron chi connectivity index (χ0n) is 11.4. The van der Waals surface area contributed by atoms with Crippen molar-refractivity contribution in [2.24, 2.45) is 0 Å². The molecule has 1 aromatic rings. The fraction of sp³-hybridized carbons (Fsp3) is 0.538. The van der Waals surface area contributed by atoms with Crippen LogP contribution in [0.5, 0.6) is 0 Å². The lowest BCUT2D eigenvalue weighted by molar-refractivity contribution is 0.307. The van der Waals surface area contributed by atoms with E-state index in [0.29, 0.717) is 17.8 Å². The summed E-state index contributed by atoms with van der Waals surface area (Å²) in [5, 5.41) is 0. The average molecular weight is 315 g/mol. The van der Waals surface area contributed by atoms with Gasteiger partial charge in [0.2, 0.25) is 10.0 Å². The minimum atomic E-state index is -3.29. The molecule has 0 saturated carbocycles. The van der Waals surface area contributed by atoms with Crippen molar-refractivity contribution in [3.05, 3.63) is 29.8 Å². The van der Waals surface area contributed by atoms with Crippen LogP contribution < -0.4 is 10.5 Å². The number of thioether (sulfide) groups is 1. The largest absolute Gasteiger partial charge is 0.399 e. The normalized spacial score (nSPS) is 17.2. The lowest BCUT2D eigenvalue weighted by Gasteiger charge is -2.25. The summed E-state index contributed by atoms with van der Waals surface area (Å²) in [7, 11) is -3.29. The summed E-state index contributed by atoms with van der Waals surface area (Å²) in [4.78, 5) is 2.29. The molecule has 112 valence electrons. The van der Waals surface area contributed by atoms with E-state index >= 15 is 0 Å². The molecule has 3 N–H and O–H groups in total. The smallest absolute Gasteiger partial charge is 0.215 e. The highest BCUT2D eigenvalue weighted by molar-refractivity contribution is 7.99. The first-order chi connectivity index (χ1) is 9.55. The molecule has 0 aromatic heterocycles. The molecule has 7 heteroatoms. The second-order valence-corrected chi connectivity index (χ2v) is 7.88. The number of nitrogen functional groups attached to an aromatic ring is 1. The Labute approximate surface area is 125 Å². The van der Waals surface area contributed by atoms with Crippen molar-refractivity contribution in [2.45, 2.75) is 5.75 Å². The first-order valence-corrected chi connectivity index (χ1v) is 9.48. The van der Waals surface area contributed by atoms with Gasteiger partial charge in [-0.15, -0.1) is 0 Å². The van der Waals surface area contributed by atoms with Gasteiger partial charge in [-0.2, -0.15) is 11.8 Å². The van der Waals surface area contributed by atoms with Crippen molar-refractivity contribution in [1.82, 2.24) is 9.62 Å². The molecule has 1 fully saturated rings. The fourth-order valence-corrected chi connectivity index (χ4v) is 4.24. The van der Waals surface area contributed by atoms with Gasteiger partial charge < -0.3 is 10.6 Å². The first-order valence-electron chi connectivity index (χ1n) is 6.67. The number of nitrogens with zero attached hydrogens (tertiary/aromatic N) is 1. The summed E-state index contributed by atoms with van der Waals surface area (Å²) in [6.07, 6.45) is 0. The van der Waals surface area contributed by atoms with E-state index in [1.807, 2.05) is 11.8 Å². The molecule has 1 heterocycles. The van der Waals surface area contributed by atoms with Crippen molar-refractivity contribution in [3.8, 4) is 0 Å². The van der Waals surface area contributed by atoms with Crippen LogP contribution in [0.3, 0.4) is 0 Å². The van der Waals surface area contributed by atoms with Gasteiger partial charge in [0.25, 0.3) is 0 Å². The van der Waals surface area contributed by atoms with E-state index in [4.69, 9.17) is 5.73 Å². The lowest BCUT2D eigenvalue weighted by Crippen LogP contribution is -2.39. The van der Waals surface area contributed by atoms with E-state index < -0.39 is 10.0 Å². The van der Waals surface area contributed by atoms with E-state index in [9.17, 15) is 8.42 Å². The molecule has 5 nitrogen and oxygen atoms in total. The molecule has 1 saturated heterocycles. The number of rotatable bonds is 6. The van der Waals surface area contributed by atoms with E-state index in [0.717, 1.165) is 31.1 Å². The zero-order valence-corrected chi connectivity index (χ0v) is 13.0. The van der Waals surface area contributed by atoms with Gasteiger partial charge >= 0.3 is 0 Å². The Morgan fingerprint density at radius 2 is 2.05 bits per heavy atom. The number of nitrogens with one attached hydrogen (secondary N) is 1. The maximum absolute atomic E-state index is 12.0. The number of hydrogen-bond acceptors (Lipinski definition) is 5. The molecule has 0 aliphatic carbocycles. The highest BCUT2D eigenvalue weighted by atomic mass is 32.2. The SMILES string of the molecule is Nc1cccc(CS(=O)(=O)NCCN2CCSCC2)c1. The van der Waals surface area contributed by atoms with Gasteiger partial charge in [-0.25, -0.2) is 13.1 Å². The molecule has 1 aromatic carbocycles. The Balaban J connectivity index is 1.78. The molecular weight excluding hydrogens is 294 g/mol. The third kappa shape index (κ3) is 5.32. The van der Waals surface area contributed by atoms with Crippen LogP contribution in [-0.4, -0.2) is 51.0 Å². The molecule has 0 atom stereocenters. The summed E-state index contributed by atoms with van der Waals surface area (Å²) in [6.45, 7) is 3.33. The van der Waals surface area contributed by atoms with Crippen LogP contribution in [0, 0.1) is 0 Å². The highest BCUT2D eigenvalue weighted by Gasteiger charge is 2.14. The van der Waals surface area contributed by atoms with Crippen LogP contribution in [0.25, 0.3) is 0 Å². The molecule has 0 unspecified atom stereocenters. The monoisotopic (exact) mass is 315 g/mol. The quantitative estimate of drug-likeness (QED) is 0.757. The zero-order chi connectivity index (χ0) is 14.4. The van der Waals surface area contributed by atoms with Crippen molar-refractivity contribution in [2.75, 3.05) is 43.4 Å². The van der Waals surface area contributed by atoms with Gasteiger partial charge in [-0.1, -0.05) is 12.1 Å². The van der Waals surface area contributed by atoms with Crippen molar-refractivity contribution < 1.29 is 8.42 Å². The molecule has 20 heavy (non-hydrogen) atoms. The van der Waals surface area contributed by atoms with E-state index in [1.165, 1.54) is 0 Å². The summed E-state index contributed by atoms with van der Waals surface area (Å²) >= 11 is 1.95.